The molecule has 0 spiro atoms. The third-order valence-corrected chi connectivity index (χ3v) is 3.84. The van der Waals surface area contributed by atoms with E-state index in [1.807, 2.05) is 18.2 Å². The molecule has 0 aromatic heterocycles. The largest absolute Gasteiger partial charge is 0.492 e. The molecule has 1 rings (SSSR count). The van der Waals surface area contributed by atoms with Gasteiger partial charge in [-0.1, -0.05) is 37.6 Å². The molecule has 0 saturated heterocycles. The summed E-state index contributed by atoms with van der Waals surface area (Å²) in [5.74, 6) is 0.676. The molecule has 5 nitrogen and oxygen atoms in total. The molecule has 6 heteroatoms. The van der Waals surface area contributed by atoms with Crippen LogP contribution < -0.4 is 15.4 Å². The molecule has 0 fully saturated rings. The quantitative estimate of drug-likeness (QED) is 0.608. The van der Waals surface area contributed by atoms with Gasteiger partial charge in [0.25, 0.3) is 0 Å². The van der Waals surface area contributed by atoms with Gasteiger partial charge in [0.05, 0.1) is 11.6 Å². The molecular weight excluding hydrogens is 314 g/mol. The number of amides is 2. The van der Waals surface area contributed by atoms with Crippen molar-refractivity contribution in [3.8, 4) is 5.75 Å². The van der Waals surface area contributed by atoms with Crippen LogP contribution in [0.2, 0.25) is 5.02 Å². The van der Waals surface area contributed by atoms with E-state index >= 15 is 0 Å². The highest BCUT2D eigenvalue weighted by Gasteiger charge is 2.02. The number of halogens is 1. The number of carbonyl (C=O) groups is 1. The summed E-state index contributed by atoms with van der Waals surface area (Å²) < 4.78 is 5.56. The van der Waals surface area contributed by atoms with Crippen molar-refractivity contribution >= 4 is 17.6 Å². The first-order valence-electron chi connectivity index (χ1n) is 8.28. The maximum atomic E-state index is 11.6. The molecule has 1 aromatic carbocycles. The molecule has 1 aromatic rings. The zero-order valence-corrected chi connectivity index (χ0v) is 14.9. The van der Waals surface area contributed by atoms with Crippen molar-refractivity contribution in [2.75, 3.05) is 39.3 Å². The molecule has 130 valence electrons. The standard InChI is InChI=1S/C17H28ClN3O2/c1-3-21(4-2)13-7-11-19-17(22)20-12-8-14-23-16-10-6-5-9-15(16)18/h5-6,9-10H,3-4,7-8,11-14H2,1-2H3,(H2,19,20,22). The number of nitrogens with one attached hydrogen (secondary N) is 2. The van der Waals surface area contributed by atoms with Crippen molar-refractivity contribution in [1.82, 2.24) is 15.5 Å². The molecule has 0 aliphatic heterocycles. The lowest BCUT2D eigenvalue weighted by atomic mass is 10.3. The minimum atomic E-state index is -0.123. The van der Waals surface area contributed by atoms with Crippen LogP contribution in [0.3, 0.4) is 0 Å². The Kier molecular flexibility index (Phi) is 10.2. The van der Waals surface area contributed by atoms with Crippen molar-refractivity contribution in [1.29, 1.82) is 0 Å². The van der Waals surface area contributed by atoms with Crippen molar-refractivity contribution < 1.29 is 9.53 Å². The smallest absolute Gasteiger partial charge is 0.314 e. The maximum absolute atomic E-state index is 11.6. The van der Waals surface area contributed by atoms with Crippen molar-refractivity contribution in [3.05, 3.63) is 29.3 Å². The number of hydrogen-bond acceptors (Lipinski definition) is 3. The molecular formula is C17H28ClN3O2. The van der Waals surface area contributed by atoms with Gasteiger partial charge < -0.3 is 20.3 Å². The highest BCUT2D eigenvalue weighted by molar-refractivity contribution is 6.32. The van der Waals surface area contributed by atoms with E-state index < -0.39 is 0 Å². The highest BCUT2D eigenvalue weighted by Crippen LogP contribution is 2.22. The molecule has 0 radical (unpaired) electrons. The Bertz CT molecular complexity index is 453. The second-order valence-electron chi connectivity index (χ2n) is 5.20. The van der Waals surface area contributed by atoms with Crippen LogP contribution in [-0.4, -0.2) is 50.3 Å². The molecule has 23 heavy (non-hydrogen) atoms. The Morgan fingerprint density at radius 2 is 1.78 bits per heavy atom. The van der Waals surface area contributed by atoms with Gasteiger partial charge in [-0.05, 0) is 44.6 Å². The fraction of sp³-hybridized carbons (Fsp3) is 0.588. The maximum Gasteiger partial charge on any atom is 0.314 e. The molecule has 0 aliphatic rings. The van der Waals surface area contributed by atoms with Crippen LogP contribution in [0.5, 0.6) is 5.75 Å². The first-order chi connectivity index (χ1) is 11.2. The van der Waals surface area contributed by atoms with E-state index in [0.717, 1.165) is 32.5 Å². The summed E-state index contributed by atoms with van der Waals surface area (Å²) in [6.45, 7) is 9.20. The third kappa shape index (κ3) is 8.67. The zero-order chi connectivity index (χ0) is 16.9. The van der Waals surface area contributed by atoms with Gasteiger partial charge in [0, 0.05) is 13.1 Å². The van der Waals surface area contributed by atoms with Crippen LogP contribution in [0.15, 0.2) is 24.3 Å². The van der Waals surface area contributed by atoms with E-state index in [0.29, 0.717) is 30.5 Å². The van der Waals surface area contributed by atoms with E-state index in [9.17, 15) is 4.79 Å². The van der Waals surface area contributed by atoms with Gasteiger partial charge in [0.2, 0.25) is 0 Å². The second-order valence-corrected chi connectivity index (χ2v) is 5.60. The molecule has 0 unspecified atom stereocenters. The van der Waals surface area contributed by atoms with Gasteiger partial charge in [0.15, 0.2) is 0 Å². The predicted molar refractivity (Wildman–Crippen MR) is 95.4 cm³/mol. The number of benzene rings is 1. The van der Waals surface area contributed by atoms with E-state index in [4.69, 9.17) is 16.3 Å². The van der Waals surface area contributed by atoms with Crippen LogP contribution in [0.25, 0.3) is 0 Å². The summed E-state index contributed by atoms with van der Waals surface area (Å²) in [6.07, 6.45) is 1.70. The van der Waals surface area contributed by atoms with Crippen LogP contribution >= 0.6 is 11.6 Å². The fourth-order valence-corrected chi connectivity index (χ4v) is 2.32. The Balaban J connectivity index is 2.01. The topological polar surface area (TPSA) is 53.6 Å². The first kappa shape index (κ1) is 19.6. The lowest BCUT2D eigenvalue weighted by Gasteiger charge is -2.17. The lowest BCUT2D eigenvalue weighted by Crippen LogP contribution is -2.38. The zero-order valence-electron chi connectivity index (χ0n) is 14.1. The average molecular weight is 342 g/mol. The number of urea groups is 1. The summed E-state index contributed by atoms with van der Waals surface area (Å²) in [4.78, 5) is 14.0. The summed E-state index contributed by atoms with van der Waals surface area (Å²) in [5, 5.41) is 6.29. The van der Waals surface area contributed by atoms with Crippen molar-refractivity contribution in [2.45, 2.75) is 26.7 Å². The highest BCUT2D eigenvalue weighted by atomic mass is 35.5. The normalized spacial score (nSPS) is 10.6. The molecule has 0 saturated carbocycles. The Morgan fingerprint density at radius 1 is 1.13 bits per heavy atom. The van der Waals surface area contributed by atoms with Gasteiger partial charge >= 0.3 is 6.03 Å². The number of ether oxygens (including phenoxy) is 1. The van der Waals surface area contributed by atoms with Crippen molar-refractivity contribution in [2.24, 2.45) is 0 Å². The molecule has 0 aliphatic carbocycles. The van der Waals surface area contributed by atoms with Gasteiger partial charge in [-0.2, -0.15) is 0 Å². The lowest BCUT2D eigenvalue weighted by molar-refractivity contribution is 0.237. The summed E-state index contributed by atoms with van der Waals surface area (Å²) >= 11 is 5.99. The minimum absolute atomic E-state index is 0.123. The SMILES string of the molecule is CCN(CC)CCCNC(=O)NCCCOc1ccccc1Cl. The number of rotatable bonds is 11. The number of carbonyl (C=O) groups excluding carboxylic acids is 1. The van der Waals surface area contributed by atoms with E-state index in [2.05, 4.69) is 29.4 Å². The van der Waals surface area contributed by atoms with Crippen LogP contribution in [0, 0.1) is 0 Å². The third-order valence-electron chi connectivity index (χ3n) is 3.53. The Labute approximate surface area is 144 Å². The first-order valence-corrected chi connectivity index (χ1v) is 8.66. The molecule has 0 atom stereocenters. The molecule has 0 heterocycles. The van der Waals surface area contributed by atoms with Gasteiger partial charge in [-0.25, -0.2) is 4.79 Å². The average Bonchev–Trinajstić information content (AvgIpc) is 2.56. The van der Waals surface area contributed by atoms with E-state index in [1.54, 1.807) is 6.07 Å². The minimum Gasteiger partial charge on any atom is -0.492 e. The molecule has 2 amide bonds. The Morgan fingerprint density at radius 3 is 2.43 bits per heavy atom. The Hall–Kier alpha value is -1.46. The number of nitrogens with zero attached hydrogens (tertiary/aromatic N) is 1. The van der Waals surface area contributed by atoms with Crippen molar-refractivity contribution in [3.63, 3.8) is 0 Å². The molecule has 2 N–H and O–H groups in total. The fourth-order valence-electron chi connectivity index (χ4n) is 2.12. The summed E-state index contributed by atoms with van der Waals surface area (Å²) in [5.41, 5.74) is 0. The summed E-state index contributed by atoms with van der Waals surface area (Å²) in [7, 11) is 0. The van der Waals surface area contributed by atoms with Gasteiger partial charge in [-0.15, -0.1) is 0 Å². The van der Waals surface area contributed by atoms with Crippen LogP contribution in [0.4, 0.5) is 4.79 Å². The number of hydrogen-bond donors (Lipinski definition) is 2. The van der Waals surface area contributed by atoms with Gasteiger partial charge in [-0.3, -0.25) is 0 Å². The van der Waals surface area contributed by atoms with E-state index in [-0.39, 0.29) is 6.03 Å². The number of para-hydroxylation sites is 1. The second kappa shape index (κ2) is 12.0. The van der Waals surface area contributed by atoms with Crippen LogP contribution in [0.1, 0.15) is 26.7 Å². The monoisotopic (exact) mass is 341 g/mol. The summed E-state index contributed by atoms with van der Waals surface area (Å²) in [6, 6.07) is 7.24. The van der Waals surface area contributed by atoms with Gasteiger partial charge in [0.1, 0.15) is 5.75 Å². The predicted octanol–water partition coefficient (Wildman–Crippen LogP) is 3.14. The van der Waals surface area contributed by atoms with Crippen LogP contribution in [-0.2, 0) is 0 Å². The molecule has 0 bridgehead atoms. The van der Waals surface area contributed by atoms with E-state index in [1.165, 1.54) is 0 Å².